The first-order valence-corrected chi connectivity index (χ1v) is 6.40. The topological polar surface area (TPSA) is 93.0 Å². The number of benzene rings is 1. The summed E-state index contributed by atoms with van der Waals surface area (Å²) in [5, 5.41) is 10.4. The molecule has 0 aliphatic carbocycles. The van der Waals surface area contributed by atoms with Gasteiger partial charge in [0.25, 0.3) is 10.7 Å². The Hall–Kier alpha value is -2.35. The molecule has 102 valence electrons. The number of ether oxygens (including phenoxy) is 1. The molecular weight excluding hydrogens is 328 g/mol. The van der Waals surface area contributed by atoms with Crippen LogP contribution in [0.1, 0.15) is 10.5 Å². The summed E-state index contributed by atoms with van der Waals surface area (Å²) >= 11 is 3.05. The molecule has 20 heavy (non-hydrogen) atoms. The van der Waals surface area contributed by atoms with Gasteiger partial charge in [-0.1, -0.05) is 0 Å². The van der Waals surface area contributed by atoms with Crippen LogP contribution in [0, 0.1) is 0 Å². The van der Waals surface area contributed by atoms with Crippen molar-refractivity contribution in [2.45, 2.75) is 0 Å². The van der Waals surface area contributed by atoms with E-state index in [2.05, 4.69) is 36.4 Å². The smallest absolute Gasteiger partial charge is 0.277 e. The zero-order valence-corrected chi connectivity index (χ0v) is 11.9. The van der Waals surface area contributed by atoms with Crippen molar-refractivity contribution >= 4 is 38.4 Å². The van der Waals surface area contributed by atoms with Gasteiger partial charge in [-0.25, -0.2) is 0 Å². The van der Waals surface area contributed by atoms with Crippen LogP contribution in [0.25, 0.3) is 10.9 Å². The number of amides is 1. The molecule has 0 fully saturated rings. The van der Waals surface area contributed by atoms with Gasteiger partial charge < -0.3 is 14.5 Å². The second kappa shape index (κ2) is 4.97. The number of methoxy groups -OCH3 is 1. The average molecular weight is 337 g/mol. The molecule has 0 bridgehead atoms. The molecule has 0 radical (unpaired) electrons. The van der Waals surface area contributed by atoms with E-state index in [-0.39, 0.29) is 16.4 Å². The van der Waals surface area contributed by atoms with Crippen LogP contribution < -0.4 is 10.1 Å². The molecule has 2 heterocycles. The Kier molecular flexibility index (Phi) is 3.15. The van der Waals surface area contributed by atoms with Crippen molar-refractivity contribution in [3.05, 3.63) is 35.1 Å². The van der Waals surface area contributed by atoms with E-state index in [0.29, 0.717) is 11.4 Å². The lowest BCUT2D eigenvalue weighted by Gasteiger charge is -2.09. The zero-order valence-electron chi connectivity index (χ0n) is 10.3. The third-order valence-electron chi connectivity index (χ3n) is 2.72. The minimum atomic E-state index is -0.388. The van der Waals surface area contributed by atoms with Crippen molar-refractivity contribution in [1.29, 1.82) is 0 Å². The lowest BCUT2D eigenvalue weighted by atomic mass is 10.2. The Bertz CT molecular complexity index is 780. The lowest BCUT2D eigenvalue weighted by molar-refractivity contribution is 0.102. The summed E-state index contributed by atoms with van der Waals surface area (Å²) in [5.74, 6) is 0.137. The van der Waals surface area contributed by atoms with Gasteiger partial charge in [-0.2, -0.15) is 10.1 Å². The van der Waals surface area contributed by atoms with E-state index in [1.54, 1.807) is 18.3 Å². The second-order valence-electron chi connectivity index (χ2n) is 3.95. The quantitative estimate of drug-likeness (QED) is 0.766. The lowest BCUT2D eigenvalue weighted by Crippen LogP contribution is -2.13. The third-order valence-corrected chi connectivity index (χ3v) is 3.08. The Labute approximate surface area is 121 Å². The maximum Gasteiger partial charge on any atom is 0.277 e. The van der Waals surface area contributed by atoms with Crippen molar-refractivity contribution < 1.29 is 13.9 Å². The molecule has 7 nitrogen and oxygen atoms in total. The number of halogens is 1. The first-order chi connectivity index (χ1) is 9.67. The Balaban J connectivity index is 1.94. The summed E-state index contributed by atoms with van der Waals surface area (Å²) in [7, 11) is 1.53. The maximum absolute atomic E-state index is 12.0. The van der Waals surface area contributed by atoms with E-state index < -0.39 is 0 Å². The van der Waals surface area contributed by atoms with Gasteiger partial charge in [-0.15, -0.1) is 0 Å². The van der Waals surface area contributed by atoms with Crippen LogP contribution in [0.5, 0.6) is 5.75 Å². The molecule has 1 amide bonds. The highest BCUT2D eigenvalue weighted by molar-refractivity contribution is 9.10. The number of carbonyl (C=O) groups excluding carboxylic acids is 1. The first kappa shape index (κ1) is 12.7. The largest absolute Gasteiger partial charge is 0.494 e. The number of fused-ring (bicyclic) bond motifs is 1. The molecule has 0 unspecified atom stereocenters. The molecule has 2 aromatic heterocycles. The molecule has 2 N–H and O–H groups in total. The fourth-order valence-electron chi connectivity index (χ4n) is 1.78. The summed E-state index contributed by atoms with van der Waals surface area (Å²) < 4.78 is 10.2. The van der Waals surface area contributed by atoms with Gasteiger partial charge in [0.15, 0.2) is 5.69 Å². The summed E-state index contributed by atoms with van der Waals surface area (Å²) in [6.07, 6.45) is 2.93. The average Bonchev–Trinajstić information content (AvgIpc) is 3.05. The van der Waals surface area contributed by atoms with Crippen molar-refractivity contribution in [2.75, 3.05) is 12.4 Å². The molecule has 0 saturated carbocycles. The molecule has 3 rings (SSSR count). The van der Waals surface area contributed by atoms with Crippen LogP contribution in [0.15, 0.2) is 33.8 Å². The molecule has 0 aliphatic heterocycles. The number of hydrogen-bond acceptors (Lipinski definition) is 5. The Morgan fingerprint density at radius 1 is 1.50 bits per heavy atom. The molecular formula is C12H9BrN4O3. The van der Waals surface area contributed by atoms with E-state index in [1.165, 1.54) is 13.4 Å². The van der Waals surface area contributed by atoms with Gasteiger partial charge in [-0.3, -0.25) is 9.89 Å². The highest BCUT2D eigenvalue weighted by Gasteiger charge is 2.14. The fourth-order valence-corrected chi connectivity index (χ4v) is 2.07. The highest BCUT2D eigenvalue weighted by Crippen LogP contribution is 2.29. The number of rotatable bonds is 3. The molecule has 0 spiro atoms. The van der Waals surface area contributed by atoms with Crippen molar-refractivity contribution in [1.82, 2.24) is 15.2 Å². The minimum absolute atomic E-state index is 0.172. The number of aromatic nitrogens is 3. The van der Waals surface area contributed by atoms with Gasteiger partial charge in [0.2, 0.25) is 0 Å². The van der Waals surface area contributed by atoms with Gasteiger partial charge >= 0.3 is 0 Å². The number of anilines is 1. The number of nitrogens with zero attached hydrogens (tertiary/aromatic N) is 2. The number of aromatic amines is 1. The van der Waals surface area contributed by atoms with Crippen LogP contribution in [-0.2, 0) is 0 Å². The van der Waals surface area contributed by atoms with Crippen molar-refractivity contribution in [2.24, 2.45) is 0 Å². The number of carbonyl (C=O) groups is 1. The van der Waals surface area contributed by atoms with Crippen LogP contribution in [0.3, 0.4) is 0 Å². The van der Waals surface area contributed by atoms with E-state index in [1.807, 2.05) is 0 Å². The SMILES string of the molecule is COc1cc2[nH]ncc2cc1NC(=O)c1coc(Br)n1. The molecule has 8 heteroatoms. The van der Waals surface area contributed by atoms with Gasteiger partial charge in [-0.05, 0) is 6.07 Å². The summed E-state index contributed by atoms with van der Waals surface area (Å²) in [5.41, 5.74) is 1.53. The predicted octanol–water partition coefficient (Wildman–Crippen LogP) is 2.57. The van der Waals surface area contributed by atoms with Crippen LogP contribution in [0.4, 0.5) is 5.69 Å². The molecule has 0 atom stereocenters. The zero-order chi connectivity index (χ0) is 14.1. The predicted molar refractivity (Wildman–Crippen MR) is 74.8 cm³/mol. The van der Waals surface area contributed by atoms with Gasteiger partial charge in [0.05, 0.1) is 24.5 Å². The van der Waals surface area contributed by atoms with Gasteiger partial charge in [0.1, 0.15) is 12.0 Å². The number of oxazole rings is 1. The molecule has 0 saturated heterocycles. The summed E-state index contributed by atoms with van der Waals surface area (Å²) in [6.45, 7) is 0. The second-order valence-corrected chi connectivity index (χ2v) is 4.63. The monoisotopic (exact) mass is 336 g/mol. The van der Waals surface area contributed by atoms with Crippen LogP contribution >= 0.6 is 15.9 Å². The van der Waals surface area contributed by atoms with E-state index in [0.717, 1.165) is 10.9 Å². The molecule has 3 aromatic rings. The third kappa shape index (κ3) is 2.25. The summed E-state index contributed by atoms with van der Waals surface area (Å²) in [4.78, 5) is 16.2. The minimum Gasteiger partial charge on any atom is -0.494 e. The molecule has 0 aliphatic rings. The van der Waals surface area contributed by atoms with Crippen LogP contribution in [0.2, 0.25) is 0 Å². The first-order valence-electron chi connectivity index (χ1n) is 5.61. The van der Waals surface area contributed by atoms with E-state index in [4.69, 9.17) is 9.15 Å². The van der Waals surface area contributed by atoms with Gasteiger partial charge in [0, 0.05) is 27.4 Å². The highest BCUT2D eigenvalue weighted by atomic mass is 79.9. The van der Waals surface area contributed by atoms with Crippen molar-refractivity contribution in [3.8, 4) is 5.75 Å². The molecule has 1 aromatic carbocycles. The maximum atomic E-state index is 12.0. The number of nitrogens with one attached hydrogen (secondary N) is 2. The van der Waals surface area contributed by atoms with E-state index in [9.17, 15) is 4.79 Å². The fraction of sp³-hybridized carbons (Fsp3) is 0.0833. The summed E-state index contributed by atoms with van der Waals surface area (Å²) in [6, 6.07) is 3.53. The normalized spacial score (nSPS) is 10.7. The standard InChI is InChI=1S/C12H9BrN4O3/c1-19-10-3-7-6(4-14-17-7)2-8(10)15-11(18)9-5-20-12(13)16-9/h2-5H,1H3,(H,14,17)(H,15,18). The van der Waals surface area contributed by atoms with Crippen molar-refractivity contribution in [3.63, 3.8) is 0 Å². The van der Waals surface area contributed by atoms with Crippen LogP contribution in [-0.4, -0.2) is 28.2 Å². The Morgan fingerprint density at radius 3 is 3.05 bits per heavy atom. The number of H-pyrrole nitrogens is 1. The number of hydrogen-bond donors (Lipinski definition) is 2. The van der Waals surface area contributed by atoms with E-state index >= 15 is 0 Å². The Morgan fingerprint density at radius 2 is 2.35 bits per heavy atom.